The van der Waals surface area contributed by atoms with Crippen LogP contribution < -0.4 is 9.47 Å². The highest BCUT2D eigenvalue weighted by molar-refractivity contribution is 5.98. The van der Waals surface area contributed by atoms with Gasteiger partial charge in [-0.3, -0.25) is 9.59 Å². The Balaban J connectivity index is 0.000000481. The number of esters is 2. The third-order valence-electron chi connectivity index (χ3n) is 7.19. The van der Waals surface area contributed by atoms with Crippen molar-refractivity contribution in [3.05, 3.63) is 83.0 Å². The monoisotopic (exact) mass is 700 g/mol. The summed E-state index contributed by atoms with van der Waals surface area (Å²) < 4.78 is 20.5. The highest BCUT2D eigenvalue weighted by Gasteiger charge is 2.20. The van der Waals surface area contributed by atoms with E-state index >= 15 is 0 Å². The van der Waals surface area contributed by atoms with Crippen molar-refractivity contribution in [3.63, 3.8) is 0 Å². The van der Waals surface area contributed by atoms with E-state index in [1.165, 1.54) is 38.5 Å². The molecule has 2 aliphatic heterocycles. The van der Waals surface area contributed by atoms with Crippen molar-refractivity contribution in [1.82, 2.24) is 0 Å². The van der Waals surface area contributed by atoms with Gasteiger partial charge in [-0.15, -0.1) is 0 Å². The molecule has 0 saturated carbocycles. The second kappa shape index (κ2) is 21.6. The molecule has 0 fully saturated rings. The summed E-state index contributed by atoms with van der Waals surface area (Å²) in [4.78, 5) is 47.8. The van der Waals surface area contributed by atoms with E-state index in [4.69, 9.17) is 18.9 Å². The van der Waals surface area contributed by atoms with Crippen molar-refractivity contribution < 1.29 is 69.5 Å². The first kappa shape index (κ1) is 42.7. The Morgan fingerprint density at radius 3 is 1.30 bits per heavy atom. The molecule has 0 amide bonds. The quantitative estimate of drug-likeness (QED) is 0.330. The molecule has 0 saturated heterocycles. The molecule has 4 rings (SSSR count). The van der Waals surface area contributed by atoms with Crippen molar-refractivity contribution in [2.75, 3.05) is 27.4 Å². The number of carbonyl (C=O) groups is 4. The van der Waals surface area contributed by atoms with Crippen molar-refractivity contribution in [1.29, 1.82) is 0 Å². The average molecular weight is 701 g/mol. The van der Waals surface area contributed by atoms with Crippen LogP contribution in [0.15, 0.2) is 60.7 Å². The predicted octanol–water partition coefficient (Wildman–Crippen LogP) is 2.83. The molecule has 2 aromatic rings. The number of aliphatic hydroxyl groups excluding tert-OH is 2. The van der Waals surface area contributed by atoms with Crippen LogP contribution in [0.5, 0.6) is 23.0 Å². The highest BCUT2D eigenvalue weighted by Crippen LogP contribution is 2.31. The Kier molecular flexibility index (Phi) is 18.5. The minimum absolute atomic E-state index is 0. The molecule has 14 nitrogen and oxygen atoms in total. The van der Waals surface area contributed by atoms with Crippen molar-refractivity contribution in [2.45, 2.75) is 50.7 Å². The summed E-state index contributed by atoms with van der Waals surface area (Å²) in [5.74, 6) is -1.67. The fourth-order valence-electron chi connectivity index (χ4n) is 4.61. The molecular formula is C36H44O14. The molecule has 0 spiro atoms. The number of ether oxygens (including phenoxy) is 4. The fourth-order valence-corrected chi connectivity index (χ4v) is 4.61. The van der Waals surface area contributed by atoms with E-state index in [2.05, 4.69) is 0 Å². The standard InChI is InChI=1S/2C18H20O6.2H2O/c2*1-23-13-10-12-6-2-3-7-14(19)15(20)8-4-5-9-24-18(22)17(12)16(21)11-13;;/h2*2,4,6,8,10-11,14,19,21H,3,5,7,9H2,1H3;2*1H2/b2*6-2+,8-4-;;/t2*14-;;/m00../s1. The predicted molar refractivity (Wildman–Crippen MR) is 183 cm³/mol. The van der Waals surface area contributed by atoms with Crippen LogP contribution in [0, 0.1) is 0 Å². The van der Waals surface area contributed by atoms with E-state index in [-0.39, 0.29) is 71.2 Å². The molecular weight excluding hydrogens is 656 g/mol. The number of phenols is 2. The number of aliphatic hydroxyl groups is 2. The van der Waals surface area contributed by atoms with E-state index in [9.17, 15) is 39.6 Å². The van der Waals surface area contributed by atoms with Gasteiger partial charge in [-0.05, 0) is 73.9 Å². The number of aromatic hydroxyl groups is 2. The highest BCUT2D eigenvalue weighted by atomic mass is 16.5. The molecule has 50 heavy (non-hydrogen) atoms. The minimum atomic E-state index is -1.06. The van der Waals surface area contributed by atoms with Gasteiger partial charge in [-0.2, -0.15) is 0 Å². The Morgan fingerprint density at radius 2 is 0.940 bits per heavy atom. The zero-order valence-electron chi connectivity index (χ0n) is 27.8. The molecule has 14 heteroatoms. The largest absolute Gasteiger partial charge is 0.507 e. The van der Waals surface area contributed by atoms with Crippen LogP contribution in [0.25, 0.3) is 12.2 Å². The van der Waals surface area contributed by atoms with Gasteiger partial charge in [0.25, 0.3) is 0 Å². The van der Waals surface area contributed by atoms with Gasteiger partial charge in [-0.25, -0.2) is 9.59 Å². The number of fused-ring (bicyclic) bond motifs is 2. The maximum absolute atomic E-state index is 12.2. The number of hydrogen-bond donors (Lipinski definition) is 4. The Bertz CT molecular complexity index is 1470. The summed E-state index contributed by atoms with van der Waals surface area (Å²) in [6, 6.07) is 5.92. The first-order valence-corrected chi connectivity index (χ1v) is 15.3. The molecule has 0 aliphatic carbocycles. The normalized spacial score (nSPS) is 21.1. The Hall–Kier alpha value is -5.28. The molecule has 2 heterocycles. The van der Waals surface area contributed by atoms with E-state index in [1.54, 1.807) is 48.6 Å². The van der Waals surface area contributed by atoms with E-state index in [1.807, 2.05) is 0 Å². The Morgan fingerprint density at radius 1 is 0.580 bits per heavy atom. The summed E-state index contributed by atoms with van der Waals surface area (Å²) in [5, 5.41) is 39.8. The zero-order valence-corrected chi connectivity index (χ0v) is 27.8. The number of methoxy groups -OCH3 is 2. The summed E-state index contributed by atoms with van der Waals surface area (Å²) in [5.41, 5.74) is 1.02. The third kappa shape index (κ3) is 12.6. The van der Waals surface area contributed by atoms with Crippen LogP contribution in [-0.2, 0) is 19.1 Å². The fraction of sp³-hybridized carbons (Fsp3) is 0.333. The van der Waals surface area contributed by atoms with Crippen LogP contribution in [0.2, 0.25) is 0 Å². The molecule has 2 aliphatic rings. The van der Waals surface area contributed by atoms with Crippen LogP contribution in [-0.4, -0.2) is 94.5 Å². The smallest absolute Gasteiger partial charge is 0.342 e. The van der Waals surface area contributed by atoms with Gasteiger partial charge in [0, 0.05) is 12.1 Å². The van der Waals surface area contributed by atoms with Gasteiger partial charge < -0.3 is 50.3 Å². The van der Waals surface area contributed by atoms with Crippen molar-refractivity contribution in [3.8, 4) is 23.0 Å². The number of ketones is 2. The van der Waals surface area contributed by atoms with Gasteiger partial charge in [0.15, 0.2) is 11.6 Å². The van der Waals surface area contributed by atoms with E-state index in [0.717, 1.165) is 0 Å². The first-order valence-electron chi connectivity index (χ1n) is 15.3. The Labute approximate surface area is 289 Å². The number of rotatable bonds is 2. The lowest BCUT2D eigenvalue weighted by atomic mass is 10.0. The minimum Gasteiger partial charge on any atom is -0.507 e. The third-order valence-corrected chi connectivity index (χ3v) is 7.19. The number of carbonyl (C=O) groups excluding carboxylic acids is 4. The maximum atomic E-state index is 12.2. The van der Waals surface area contributed by atoms with Crippen LogP contribution in [0.1, 0.15) is 70.4 Å². The summed E-state index contributed by atoms with van der Waals surface area (Å²) in [7, 11) is 2.92. The topological polar surface area (TPSA) is 249 Å². The molecule has 8 N–H and O–H groups in total. The second-order valence-electron chi connectivity index (χ2n) is 10.7. The van der Waals surface area contributed by atoms with Crippen LogP contribution in [0.4, 0.5) is 0 Å². The second-order valence-corrected chi connectivity index (χ2v) is 10.7. The van der Waals surface area contributed by atoms with E-state index < -0.39 is 24.1 Å². The first-order chi connectivity index (χ1) is 23.0. The molecule has 0 aromatic heterocycles. The molecule has 0 bridgehead atoms. The summed E-state index contributed by atoms with van der Waals surface area (Å²) >= 11 is 0. The van der Waals surface area contributed by atoms with Crippen molar-refractivity contribution >= 4 is 35.7 Å². The van der Waals surface area contributed by atoms with Crippen LogP contribution in [0.3, 0.4) is 0 Å². The molecule has 272 valence electrons. The number of allylic oxidation sites excluding steroid dienone is 2. The summed E-state index contributed by atoms with van der Waals surface area (Å²) in [6.07, 6.45) is 12.4. The van der Waals surface area contributed by atoms with Gasteiger partial charge in [0.1, 0.15) is 46.3 Å². The average Bonchev–Trinajstić information content (AvgIpc) is 3.06. The number of hydrogen-bond acceptors (Lipinski definition) is 12. The molecule has 0 radical (unpaired) electrons. The SMILES string of the molecule is COc1cc(O)c2c(c1)/C=C/CC[C@H](O)C(=O)/C=C\CCOC2=O.COc1cc(O)c2c(c1)/C=C/CC[C@H](O)C(=O)/C=C\CCOC2=O.O.O. The van der Waals surface area contributed by atoms with Gasteiger partial charge in [0.2, 0.25) is 0 Å². The van der Waals surface area contributed by atoms with Gasteiger partial charge in [-0.1, -0.05) is 36.5 Å². The lowest BCUT2D eigenvalue weighted by Crippen LogP contribution is -2.17. The number of phenolic OH excluding ortho intramolecular Hbond substituents is 2. The zero-order chi connectivity index (χ0) is 35.1. The van der Waals surface area contributed by atoms with Gasteiger partial charge >= 0.3 is 11.9 Å². The molecule has 2 atom stereocenters. The van der Waals surface area contributed by atoms with Crippen LogP contribution >= 0.6 is 0 Å². The number of cyclic esters (lactones) is 2. The maximum Gasteiger partial charge on any atom is 0.342 e. The van der Waals surface area contributed by atoms with Gasteiger partial charge in [0.05, 0.1) is 27.4 Å². The number of benzene rings is 2. The molecule has 2 aromatic carbocycles. The lowest BCUT2D eigenvalue weighted by molar-refractivity contribution is -0.123. The lowest BCUT2D eigenvalue weighted by Gasteiger charge is -2.11. The van der Waals surface area contributed by atoms with Crippen molar-refractivity contribution in [2.24, 2.45) is 0 Å². The summed E-state index contributed by atoms with van der Waals surface area (Å²) in [6.45, 7) is 0.126. The van der Waals surface area contributed by atoms with E-state index in [0.29, 0.717) is 48.3 Å². The molecule has 0 unspecified atom stereocenters.